The van der Waals surface area contributed by atoms with Crippen LogP contribution in [-0.2, 0) is 11.3 Å². The fourth-order valence-corrected chi connectivity index (χ4v) is 3.79. The lowest BCUT2D eigenvalue weighted by atomic mass is 10.0. The number of aromatic nitrogens is 2. The Morgan fingerprint density at radius 2 is 1.76 bits per heavy atom. The first-order valence-corrected chi connectivity index (χ1v) is 11.1. The molecule has 0 saturated heterocycles. The SMILES string of the molecule is CCC(NC(=O)CN(CC)c1c(N)n(Cc2ccccc2)c(=O)[nH]c1=O)c1ccc(C)cc1. The van der Waals surface area contributed by atoms with E-state index in [1.54, 1.807) is 4.90 Å². The van der Waals surface area contributed by atoms with Gasteiger partial charge in [-0.1, -0.05) is 67.1 Å². The molecule has 2 aromatic carbocycles. The number of nitrogens with zero attached hydrogens (tertiary/aromatic N) is 2. The molecule has 0 aliphatic carbocycles. The largest absolute Gasteiger partial charge is 0.383 e. The Kier molecular flexibility index (Phi) is 7.71. The number of rotatable bonds is 9. The van der Waals surface area contributed by atoms with E-state index in [2.05, 4.69) is 10.3 Å². The second kappa shape index (κ2) is 10.7. The van der Waals surface area contributed by atoms with E-state index < -0.39 is 11.2 Å². The number of carbonyl (C=O) groups is 1. The molecule has 8 heteroatoms. The van der Waals surface area contributed by atoms with Crippen LogP contribution >= 0.6 is 0 Å². The van der Waals surface area contributed by atoms with Gasteiger partial charge in [0.15, 0.2) is 0 Å². The Hall–Kier alpha value is -3.81. The molecule has 0 saturated carbocycles. The number of anilines is 2. The highest BCUT2D eigenvalue weighted by Crippen LogP contribution is 2.19. The summed E-state index contributed by atoms with van der Waals surface area (Å²) in [6.45, 7) is 6.37. The molecule has 33 heavy (non-hydrogen) atoms. The number of aromatic amines is 1. The normalized spacial score (nSPS) is 11.7. The zero-order valence-corrected chi connectivity index (χ0v) is 19.3. The summed E-state index contributed by atoms with van der Waals surface area (Å²) in [6, 6.07) is 17.2. The van der Waals surface area contributed by atoms with E-state index in [0.29, 0.717) is 6.54 Å². The van der Waals surface area contributed by atoms with Crippen molar-refractivity contribution in [1.82, 2.24) is 14.9 Å². The molecule has 3 rings (SSSR count). The number of hydrogen-bond acceptors (Lipinski definition) is 5. The molecule has 1 heterocycles. The van der Waals surface area contributed by atoms with Crippen LogP contribution < -0.4 is 27.2 Å². The summed E-state index contributed by atoms with van der Waals surface area (Å²) in [5, 5.41) is 3.04. The van der Waals surface area contributed by atoms with Crippen LogP contribution in [0.15, 0.2) is 64.2 Å². The third-order valence-electron chi connectivity index (χ3n) is 5.65. The highest BCUT2D eigenvalue weighted by molar-refractivity contribution is 5.82. The maximum absolute atomic E-state index is 12.9. The lowest BCUT2D eigenvalue weighted by molar-refractivity contribution is -0.120. The number of carbonyl (C=O) groups excluding carboxylic acids is 1. The van der Waals surface area contributed by atoms with Gasteiger partial charge in [0.2, 0.25) is 5.91 Å². The van der Waals surface area contributed by atoms with E-state index in [1.165, 1.54) is 4.57 Å². The van der Waals surface area contributed by atoms with Crippen molar-refractivity contribution in [1.29, 1.82) is 0 Å². The first-order valence-electron chi connectivity index (χ1n) is 11.1. The van der Waals surface area contributed by atoms with Gasteiger partial charge in [-0.05, 0) is 31.4 Å². The van der Waals surface area contributed by atoms with Crippen LogP contribution in [-0.4, -0.2) is 28.5 Å². The van der Waals surface area contributed by atoms with Crippen molar-refractivity contribution in [2.75, 3.05) is 23.7 Å². The first kappa shape index (κ1) is 23.8. The second-order valence-electron chi connectivity index (χ2n) is 8.02. The number of nitrogen functional groups attached to an aromatic ring is 1. The first-order chi connectivity index (χ1) is 15.8. The molecule has 1 amide bonds. The molecular formula is C25H31N5O3. The van der Waals surface area contributed by atoms with Gasteiger partial charge in [-0.2, -0.15) is 0 Å². The van der Waals surface area contributed by atoms with E-state index in [4.69, 9.17) is 5.73 Å². The fourth-order valence-electron chi connectivity index (χ4n) is 3.79. The summed E-state index contributed by atoms with van der Waals surface area (Å²) < 4.78 is 1.31. The van der Waals surface area contributed by atoms with Crippen molar-refractivity contribution in [2.45, 2.75) is 39.8 Å². The number of likely N-dealkylation sites (N-methyl/N-ethyl adjacent to an activating group) is 1. The Labute approximate surface area is 193 Å². The van der Waals surface area contributed by atoms with Crippen LogP contribution in [0.3, 0.4) is 0 Å². The Morgan fingerprint density at radius 3 is 2.36 bits per heavy atom. The molecule has 0 fully saturated rings. The summed E-state index contributed by atoms with van der Waals surface area (Å²) in [6.07, 6.45) is 0.728. The van der Waals surface area contributed by atoms with Crippen molar-refractivity contribution < 1.29 is 4.79 Å². The molecule has 0 aliphatic rings. The Morgan fingerprint density at radius 1 is 1.09 bits per heavy atom. The summed E-state index contributed by atoms with van der Waals surface area (Å²) in [5.74, 6) is -0.197. The average molecular weight is 450 g/mol. The molecule has 1 atom stereocenters. The van der Waals surface area contributed by atoms with Crippen LogP contribution in [0.2, 0.25) is 0 Å². The van der Waals surface area contributed by atoms with Gasteiger partial charge in [0, 0.05) is 6.54 Å². The van der Waals surface area contributed by atoms with Crippen LogP contribution in [0.1, 0.15) is 43.0 Å². The molecule has 0 aliphatic heterocycles. The van der Waals surface area contributed by atoms with Crippen LogP contribution in [0.5, 0.6) is 0 Å². The minimum absolute atomic E-state index is 0.0350. The maximum Gasteiger partial charge on any atom is 0.330 e. The molecular weight excluding hydrogens is 418 g/mol. The van der Waals surface area contributed by atoms with E-state index in [1.807, 2.05) is 75.4 Å². The van der Waals surface area contributed by atoms with Gasteiger partial charge in [-0.25, -0.2) is 4.79 Å². The standard InChI is InChI=1S/C25H31N5O3/c1-4-20(19-13-11-17(3)12-14-19)27-21(31)16-29(5-2)22-23(26)30(25(33)28-24(22)32)15-18-9-7-6-8-10-18/h6-14,20H,4-5,15-16,26H2,1-3H3,(H,27,31)(H,28,32,33). The van der Waals surface area contributed by atoms with Crippen molar-refractivity contribution >= 4 is 17.4 Å². The molecule has 1 unspecified atom stereocenters. The van der Waals surface area contributed by atoms with Crippen molar-refractivity contribution in [2.24, 2.45) is 0 Å². The predicted octanol–water partition coefficient (Wildman–Crippen LogP) is 2.57. The third-order valence-corrected chi connectivity index (χ3v) is 5.65. The lowest BCUT2D eigenvalue weighted by Crippen LogP contribution is -2.43. The van der Waals surface area contributed by atoms with Gasteiger partial charge in [0.05, 0.1) is 19.1 Å². The molecule has 1 aromatic heterocycles. The Bertz CT molecular complexity index is 1200. The van der Waals surface area contributed by atoms with Crippen LogP contribution in [0, 0.1) is 6.92 Å². The monoisotopic (exact) mass is 449 g/mol. The van der Waals surface area contributed by atoms with Crippen molar-refractivity contribution in [3.8, 4) is 0 Å². The highest BCUT2D eigenvalue weighted by Gasteiger charge is 2.21. The summed E-state index contributed by atoms with van der Waals surface area (Å²) in [5.41, 5.74) is 8.25. The van der Waals surface area contributed by atoms with E-state index in [9.17, 15) is 14.4 Å². The smallest absolute Gasteiger partial charge is 0.330 e. The number of benzene rings is 2. The maximum atomic E-state index is 12.9. The van der Waals surface area contributed by atoms with Gasteiger partial charge in [-0.3, -0.25) is 19.1 Å². The topological polar surface area (TPSA) is 113 Å². The zero-order valence-electron chi connectivity index (χ0n) is 19.3. The second-order valence-corrected chi connectivity index (χ2v) is 8.02. The van der Waals surface area contributed by atoms with Gasteiger partial charge in [-0.15, -0.1) is 0 Å². The number of amides is 1. The third kappa shape index (κ3) is 5.71. The van der Waals surface area contributed by atoms with Crippen LogP contribution in [0.25, 0.3) is 0 Å². The van der Waals surface area contributed by atoms with Gasteiger partial charge < -0.3 is 16.0 Å². The minimum atomic E-state index is -0.609. The highest BCUT2D eigenvalue weighted by atomic mass is 16.2. The van der Waals surface area contributed by atoms with Crippen molar-refractivity contribution in [3.05, 3.63) is 92.1 Å². The summed E-state index contributed by atoms with van der Waals surface area (Å²) >= 11 is 0. The minimum Gasteiger partial charge on any atom is -0.383 e. The quantitative estimate of drug-likeness (QED) is 0.465. The number of aryl methyl sites for hydroxylation is 1. The number of hydrogen-bond donors (Lipinski definition) is 3. The van der Waals surface area contributed by atoms with E-state index in [-0.39, 0.29) is 36.5 Å². The molecule has 3 aromatic rings. The fraction of sp³-hybridized carbons (Fsp3) is 0.320. The summed E-state index contributed by atoms with van der Waals surface area (Å²) in [4.78, 5) is 41.9. The molecule has 0 spiro atoms. The van der Waals surface area contributed by atoms with Gasteiger partial charge in [0.1, 0.15) is 11.5 Å². The van der Waals surface area contributed by atoms with Crippen molar-refractivity contribution in [3.63, 3.8) is 0 Å². The van der Waals surface area contributed by atoms with Crippen LogP contribution in [0.4, 0.5) is 11.5 Å². The molecule has 0 bridgehead atoms. The summed E-state index contributed by atoms with van der Waals surface area (Å²) in [7, 11) is 0. The lowest BCUT2D eigenvalue weighted by Gasteiger charge is -2.26. The average Bonchev–Trinajstić information content (AvgIpc) is 2.80. The zero-order chi connectivity index (χ0) is 24.0. The molecule has 4 N–H and O–H groups in total. The number of H-pyrrole nitrogens is 1. The molecule has 0 radical (unpaired) electrons. The van der Waals surface area contributed by atoms with Gasteiger partial charge in [0.25, 0.3) is 5.56 Å². The predicted molar refractivity (Wildman–Crippen MR) is 132 cm³/mol. The van der Waals surface area contributed by atoms with E-state index >= 15 is 0 Å². The molecule has 174 valence electrons. The number of nitrogens with two attached hydrogens (primary N) is 1. The number of nitrogens with one attached hydrogen (secondary N) is 2. The van der Waals surface area contributed by atoms with Gasteiger partial charge >= 0.3 is 5.69 Å². The molecule has 8 nitrogen and oxygen atoms in total. The van der Waals surface area contributed by atoms with E-state index in [0.717, 1.165) is 23.1 Å². The Balaban J connectivity index is 1.84.